The van der Waals surface area contributed by atoms with E-state index in [0.717, 1.165) is 29.9 Å². The fourth-order valence-electron chi connectivity index (χ4n) is 3.30. The summed E-state index contributed by atoms with van der Waals surface area (Å²) >= 11 is 3.76. The number of quaternary nitrogens is 1. The molecule has 36 heavy (non-hydrogen) atoms. The van der Waals surface area contributed by atoms with Crippen molar-refractivity contribution in [2.24, 2.45) is 0 Å². The van der Waals surface area contributed by atoms with Gasteiger partial charge >= 0.3 is 0 Å². The number of anilines is 1. The van der Waals surface area contributed by atoms with Gasteiger partial charge in [0.15, 0.2) is 5.75 Å². The van der Waals surface area contributed by atoms with Gasteiger partial charge in [0.25, 0.3) is 0 Å². The summed E-state index contributed by atoms with van der Waals surface area (Å²) in [4.78, 5) is 11.2. The van der Waals surface area contributed by atoms with Crippen LogP contribution in [-0.2, 0) is 16.6 Å². The Bertz CT molecular complexity index is 1230. The summed E-state index contributed by atoms with van der Waals surface area (Å²) in [6, 6.07) is 21.8. The Balaban J connectivity index is 0.000000346. The molecule has 0 saturated heterocycles. The summed E-state index contributed by atoms with van der Waals surface area (Å²) in [5.41, 5.74) is 1.82. The van der Waals surface area contributed by atoms with E-state index in [4.69, 9.17) is 9.88 Å². The van der Waals surface area contributed by atoms with Crippen LogP contribution >= 0.6 is 12.6 Å². The van der Waals surface area contributed by atoms with E-state index in [0.29, 0.717) is 18.0 Å². The average Bonchev–Trinajstić information content (AvgIpc) is 2.80. The Kier molecular flexibility index (Phi) is 11.0. The van der Waals surface area contributed by atoms with Crippen molar-refractivity contribution >= 4 is 33.5 Å². The molecular weight excluding hydrogens is 494 g/mol. The van der Waals surface area contributed by atoms with Crippen LogP contribution in [-0.4, -0.2) is 45.7 Å². The van der Waals surface area contributed by atoms with Crippen molar-refractivity contribution < 1.29 is 22.4 Å². The second kappa shape index (κ2) is 13.5. The molecular formula is C27H35N3O4S2. The first-order valence-electron chi connectivity index (χ1n) is 11.6. The zero-order valence-electron chi connectivity index (χ0n) is 21.2. The SMILES string of the molecule is CCCCNc1cc(C(=O)S)cc(S([NH-])(=O)=O)c1Oc1ccccc1.C[N+](C)(C)Cc1ccccc1. The minimum atomic E-state index is -4.36. The van der Waals surface area contributed by atoms with Crippen LogP contribution in [0.3, 0.4) is 0 Å². The van der Waals surface area contributed by atoms with Crippen molar-refractivity contribution in [2.75, 3.05) is 33.0 Å². The van der Waals surface area contributed by atoms with Crippen molar-refractivity contribution in [2.45, 2.75) is 31.2 Å². The maximum atomic E-state index is 11.9. The Morgan fingerprint density at radius 2 is 1.58 bits per heavy atom. The van der Waals surface area contributed by atoms with Gasteiger partial charge in [0.2, 0.25) is 5.12 Å². The standard InChI is InChI=1S/C17H20N2O4S2.C10H16N/c1-2-3-9-19-14-10-12(17(20)24)11-15(25(18,21)22)16(14)23-13-7-5-4-6-8-13;1-11(2,3)9-10-7-5-4-6-8-10/h4-8,10-11,19H,2-3,9H2,1H3,(H3,18,20,21,22,24);4-8H,9H2,1-3H3/q;+1/p-1. The van der Waals surface area contributed by atoms with Crippen LogP contribution in [0.15, 0.2) is 77.7 Å². The fourth-order valence-corrected chi connectivity index (χ4v) is 4.11. The summed E-state index contributed by atoms with van der Waals surface area (Å²) in [6.45, 7) is 3.70. The molecule has 194 valence electrons. The summed E-state index contributed by atoms with van der Waals surface area (Å²) in [5.74, 6) is 0.423. The third kappa shape index (κ3) is 10.0. The van der Waals surface area contributed by atoms with Crippen LogP contribution in [0.25, 0.3) is 5.14 Å². The van der Waals surface area contributed by atoms with E-state index in [2.05, 4.69) is 69.4 Å². The monoisotopic (exact) mass is 529 g/mol. The van der Waals surface area contributed by atoms with E-state index in [1.54, 1.807) is 30.3 Å². The molecule has 0 aliphatic rings. The predicted molar refractivity (Wildman–Crippen MR) is 149 cm³/mol. The molecule has 0 unspecified atom stereocenters. The lowest BCUT2D eigenvalue weighted by atomic mass is 10.2. The maximum Gasteiger partial charge on any atom is 0.216 e. The summed E-state index contributed by atoms with van der Waals surface area (Å²) in [6.07, 6.45) is 1.80. The van der Waals surface area contributed by atoms with Crippen LogP contribution in [0.4, 0.5) is 5.69 Å². The molecule has 0 fully saturated rings. The lowest BCUT2D eigenvalue weighted by molar-refractivity contribution is -0.884. The molecule has 2 N–H and O–H groups in total. The van der Waals surface area contributed by atoms with Crippen LogP contribution < -0.4 is 10.1 Å². The molecule has 3 rings (SSSR count). The van der Waals surface area contributed by atoms with Crippen molar-refractivity contribution in [3.63, 3.8) is 0 Å². The zero-order valence-corrected chi connectivity index (χ0v) is 22.9. The number of carbonyl (C=O) groups is 1. The number of ether oxygens (including phenoxy) is 1. The number of unbranched alkanes of at least 4 members (excludes halogenated alkanes) is 1. The topological polar surface area (TPSA) is 96.3 Å². The van der Waals surface area contributed by atoms with Gasteiger partial charge < -0.3 is 19.7 Å². The van der Waals surface area contributed by atoms with Gasteiger partial charge in [0.05, 0.1) is 31.7 Å². The minimum absolute atomic E-state index is 0.00404. The lowest BCUT2D eigenvalue weighted by Gasteiger charge is -2.23. The molecule has 0 spiro atoms. The van der Waals surface area contributed by atoms with Crippen LogP contribution in [0.1, 0.15) is 35.7 Å². The molecule has 7 nitrogen and oxygen atoms in total. The van der Waals surface area contributed by atoms with E-state index < -0.39 is 15.1 Å². The highest BCUT2D eigenvalue weighted by Crippen LogP contribution is 2.38. The van der Waals surface area contributed by atoms with Gasteiger partial charge in [-0.15, -0.1) is 12.6 Å². The zero-order chi connectivity index (χ0) is 26.8. The van der Waals surface area contributed by atoms with Gasteiger partial charge in [0, 0.05) is 17.7 Å². The molecule has 0 atom stereocenters. The highest BCUT2D eigenvalue weighted by atomic mass is 32.2. The first-order chi connectivity index (χ1) is 16.9. The van der Waals surface area contributed by atoms with Gasteiger partial charge in [-0.1, -0.05) is 61.9 Å². The van der Waals surface area contributed by atoms with Gasteiger partial charge in [-0.25, -0.2) is 8.42 Å². The Morgan fingerprint density at radius 1 is 1.00 bits per heavy atom. The third-order valence-electron chi connectivity index (χ3n) is 4.90. The first-order valence-corrected chi connectivity index (χ1v) is 13.6. The third-order valence-corrected chi connectivity index (χ3v) is 6.04. The van der Waals surface area contributed by atoms with Crippen molar-refractivity contribution in [1.82, 2.24) is 0 Å². The van der Waals surface area contributed by atoms with Gasteiger partial charge in [-0.2, -0.15) is 0 Å². The highest BCUT2D eigenvalue weighted by Gasteiger charge is 2.19. The lowest BCUT2D eigenvalue weighted by Crippen LogP contribution is -2.33. The van der Waals surface area contributed by atoms with E-state index >= 15 is 0 Å². The van der Waals surface area contributed by atoms with E-state index in [1.807, 2.05) is 6.92 Å². The van der Waals surface area contributed by atoms with E-state index in [-0.39, 0.29) is 16.2 Å². The molecule has 0 aliphatic heterocycles. The number of benzene rings is 3. The fraction of sp³-hybridized carbons (Fsp3) is 0.296. The average molecular weight is 530 g/mol. The normalized spacial score (nSPS) is 11.3. The molecule has 0 aliphatic carbocycles. The number of carbonyl (C=O) groups excluding carboxylic acids is 1. The number of thiol groups is 1. The summed E-state index contributed by atoms with van der Waals surface area (Å²) in [7, 11) is 2.24. The number of para-hydroxylation sites is 1. The molecule has 0 radical (unpaired) electrons. The van der Waals surface area contributed by atoms with Gasteiger partial charge in [0.1, 0.15) is 22.3 Å². The first kappa shape index (κ1) is 29.4. The molecule has 0 aromatic heterocycles. The van der Waals surface area contributed by atoms with Gasteiger partial charge in [-0.05, 0) is 30.7 Å². The number of sulfonamides is 1. The molecule has 0 heterocycles. The Hall–Kier alpha value is -2.85. The predicted octanol–water partition coefficient (Wildman–Crippen LogP) is 6.39. The van der Waals surface area contributed by atoms with Crippen LogP contribution in [0, 0.1) is 0 Å². The van der Waals surface area contributed by atoms with Crippen molar-refractivity contribution in [1.29, 1.82) is 0 Å². The van der Waals surface area contributed by atoms with Crippen molar-refractivity contribution in [3.05, 3.63) is 89.1 Å². The number of hydrogen-bond donors (Lipinski definition) is 2. The Morgan fingerprint density at radius 3 is 2.08 bits per heavy atom. The minimum Gasteiger partial charge on any atom is -0.560 e. The van der Waals surface area contributed by atoms with Gasteiger partial charge in [-0.3, -0.25) is 4.79 Å². The van der Waals surface area contributed by atoms with E-state index in [9.17, 15) is 13.2 Å². The quantitative estimate of drug-likeness (QED) is 0.180. The highest BCUT2D eigenvalue weighted by molar-refractivity contribution is 7.97. The number of rotatable bonds is 10. The van der Waals surface area contributed by atoms with Crippen molar-refractivity contribution in [3.8, 4) is 11.5 Å². The molecule has 0 amide bonds. The number of nitrogens with one attached hydrogen (secondary N) is 2. The van der Waals surface area contributed by atoms with E-state index in [1.165, 1.54) is 11.6 Å². The Labute approximate surface area is 220 Å². The maximum absolute atomic E-state index is 11.9. The van der Waals surface area contributed by atoms with Crippen LogP contribution in [0.5, 0.6) is 11.5 Å². The smallest absolute Gasteiger partial charge is 0.216 e. The number of hydrogen-bond acceptors (Lipinski definition) is 5. The molecule has 0 saturated carbocycles. The molecule has 0 bridgehead atoms. The second-order valence-corrected chi connectivity index (χ2v) is 11.1. The number of nitrogens with zero attached hydrogens (tertiary/aromatic N) is 1. The van der Waals surface area contributed by atoms with Crippen LogP contribution in [0.2, 0.25) is 0 Å². The molecule has 9 heteroatoms. The molecule has 3 aromatic rings. The molecule has 3 aromatic carbocycles. The second-order valence-electron chi connectivity index (χ2n) is 9.29. The summed E-state index contributed by atoms with van der Waals surface area (Å²) in [5, 5.41) is 9.95. The largest absolute Gasteiger partial charge is 0.560 e. The summed E-state index contributed by atoms with van der Waals surface area (Å²) < 4.78 is 30.6.